The van der Waals surface area contributed by atoms with Crippen molar-refractivity contribution in [3.63, 3.8) is 0 Å². The minimum absolute atomic E-state index is 0.0395. The highest BCUT2D eigenvalue weighted by Crippen LogP contribution is 2.29. The molecular formula is C20H19F2N3O3S. The van der Waals surface area contributed by atoms with E-state index in [1.165, 1.54) is 12.1 Å². The zero-order valence-electron chi connectivity index (χ0n) is 15.8. The number of carbonyl (C=O) groups is 1. The van der Waals surface area contributed by atoms with Crippen LogP contribution >= 0.6 is 11.8 Å². The molecule has 2 aromatic carbocycles. The normalized spacial score (nSPS) is 12.0. The van der Waals surface area contributed by atoms with Crippen LogP contribution in [0.5, 0.6) is 5.75 Å². The summed E-state index contributed by atoms with van der Waals surface area (Å²) >= 11 is 1.16. The molecule has 9 heteroatoms. The van der Waals surface area contributed by atoms with Gasteiger partial charge in [0.15, 0.2) is 0 Å². The Morgan fingerprint density at radius 2 is 1.83 bits per heavy atom. The topological polar surface area (TPSA) is 68.5 Å². The van der Waals surface area contributed by atoms with Gasteiger partial charge in [-0.3, -0.25) is 4.79 Å². The Labute approximate surface area is 170 Å². The highest BCUT2D eigenvalue weighted by molar-refractivity contribution is 8.00. The van der Waals surface area contributed by atoms with Crippen LogP contribution in [0.25, 0.3) is 11.5 Å². The van der Waals surface area contributed by atoms with Crippen molar-refractivity contribution < 1.29 is 22.7 Å². The minimum Gasteiger partial charge on any atom is -0.435 e. The first-order valence-corrected chi connectivity index (χ1v) is 9.77. The van der Waals surface area contributed by atoms with Gasteiger partial charge in [0.2, 0.25) is 11.8 Å². The van der Waals surface area contributed by atoms with E-state index in [1.54, 1.807) is 24.0 Å². The lowest BCUT2D eigenvalue weighted by atomic mass is 10.2. The molecule has 0 aliphatic heterocycles. The molecule has 29 heavy (non-hydrogen) atoms. The van der Waals surface area contributed by atoms with E-state index >= 15 is 0 Å². The van der Waals surface area contributed by atoms with Crippen LogP contribution in [0.4, 0.5) is 14.5 Å². The molecule has 1 heterocycles. The maximum atomic E-state index is 12.8. The van der Waals surface area contributed by atoms with Crippen molar-refractivity contribution in [2.75, 3.05) is 11.4 Å². The second-order valence-corrected chi connectivity index (χ2v) is 7.25. The Balaban J connectivity index is 1.66. The molecule has 0 spiro atoms. The fraction of sp³-hybridized carbons (Fsp3) is 0.250. The number of anilines is 1. The predicted octanol–water partition coefficient (Wildman–Crippen LogP) is 4.87. The number of thioether (sulfide) groups is 1. The van der Waals surface area contributed by atoms with Gasteiger partial charge in [0.05, 0.1) is 5.25 Å². The average molecular weight is 419 g/mol. The van der Waals surface area contributed by atoms with Gasteiger partial charge in [-0.15, -0.1) is 10.2 Å². The largest absolute Gasteiger partial charge is 0.435 e. The van der Waals surface area contributed by atoms with Crippen LogP contribution in [0.1, 0.15) is 13.8 Å². The van der Waals surface area contributed by atoms with Gasteiger partial charge >= 0.3 is 6.61 Å². The van der Waals surface area contributed by atoms with E-state index in [0.29, 0.717) is 12.1 Å². The number of para-hydroxylation sites is 1. The van der Waals surface area contributed by atoms with E-state index in [2.05, 4.69) is 14.9 Å². The number of rotatable bonds is 8. The zero-order valence-corrected chi connectivity index (χ0v) is 16.6. The summed E-state index contributed by atoms with van der Waals surface area (Å²) < 4.78 is 34.4. The lowest BCUT2D eigenvalue weighted by molar-refractivity contribution is -0.117. The maximum absolute atomic E-state index is 12.8. The first kappa shape index (κ1) is 20.8. The Morgan fingerprint density at radius 3 is 2.45 bits per heavy atom. The number of alkyl halides is 2. The van der Waals surface area contributed by atoms with Gasteiger partial charge in [0, 0.05) is 17.8 Å². The van der Waals surface area contributed by atoms with Crippen molar-refractivity contribution in [1.82, 2.24) is 10.2 Å². The summed E-state index contributed by atoms with van der Waals surface area (Å²) in [7, 11) is 0. The van der Waals surface area contributed by atoms with Crippen molar-refractivity contribution >= 4 is 23.4 Å². The monoisotopic (exact) mass is 419 g/mol. The molecule has 152 valence electrons. The molecule has 1 amide bonds. The van der Waals surface area contributed by atoms with Crippen molar-refractivity contribution in [1.29, 1.82) is 0 Å². The van der Waals surface area contributed by atoms with Crippen LogP contribution in [0.15, 0.2) is 64.2 Å². The summed E-state index contributed by atoms with van der Waals surface area (Å²) in [4.78, 5) is 14.5. The number of nitrogens with zero attached hydrogens (tertiary/aromatic N) is 3. The summed E-state index contributed by atoms with van der Waals surface area (Å²) in [5, 5.41) is 7.74. The molecule has 0 radical (unpaired) electrons. The summed E-state index contributed by atoms with van der Waals surface area (Å²) in [6, 6.07) is 15.3. The van der Waals surface area contributed by atoms with Crippen LogP contribution in [0.2, 0.25) is 0 Å². The second kappa shape index (κ2) is 9.51. The molecule has 0 N–H and O–H groups in total. The van der Waals surface area contributed by atoms with Crippen LogP contribution in [0, 0.1) is 0 Å². The minimum atomic E-state index is -2.88. The highest BCUT2D eigenvalue weighted by atomic mass is 32.2. The van der Waals surface area contributed by atoms with Gasteiger partial charge in [0.1, 0.15) is 5.75 Å². The van der Waals surface area contributed by atoms with Gasteiger partial charge in [0.25, 0.3) is 5.22 Å². The molecule has 0 aliphatic rings. The molecule has 3 aromatic rings. The van der Waals surface area contributed by atoms with Gasteiger partial charge in [-0.2, -0.15) is 8.78 Å². The molecule has 1 unspecified atom stereocenters. The number of carbonyl (C=O) groups excluding carboxylic acids is 1. The van der Waals surface area contributed by atoms with Crippen LogP contribution in [0.3, 0.4) is 0 Å². The molecule has 3 rings (SSSR count). The molecular weight excluding hydrogens is 400 g/mol. The van der Waals surface area contributed by atoms with Crippen molar-refractivity contribution in [2.45, 2.75) is 30.9 Å². The van der Waals surface area contributed by atoms with E-state index in [0.717, 1.165) is 17.4 Å². The third-order valence-electron chi connectivity index (χ3n) is 4.01. The van der Waals surface area contributed by atoms with Gasteiger partial charge in [-0.05, 0) is 50.2 Å². The number of amides is 1. The summed E-state index contributed by atoms with van der Waals surface area (Å²) in [6.45, 7) is 1.34. The van der Waals surface area contributed by atoms with Crippen molar-refractivity contribution in [2.24, 2.45) is 0 Å². The third-order valence-corrected chi connectivity index (χ3v) is 4.93. The van der Waals surface area contributed by atoms with E-state index in [9.17, 15) is 13.6 Å². The zero-order chi connectivity index (χ0) is 20.8. The number of hydrogen-bond donors (Lipinski definition) is 0. The number of hydrogen-bond acceptors (Lipinski definition) is 6. The second-order valence-electron chi connectivity index (χ2n) is 5.95. The molecule has 0 bridgehead atoms. The molecule has 0 aliphatic carbocycles. The quantitative estimate of drug-likeness (QED) is 0.485. The van der Waals surface area contributed by atoms with E-state index in [-0.39, 0.29) is 22.8 Å². The fourth-order valence-electron chi connectivity index (χ4n) is 2.65. The number of aromatic nitrogens is 2. The van der Waals surface area contributed by atoms with E-state index in [1.807, 2.05) is 37.3 Å². The standard InChI is InChI=1S/C20H19F2N3O3S/c1-3-25(15-7-5-4-6-8-15)18(26)13(2)29-20-24-23-17(28-20)14-9-11-16(12-10-14)27-19(21)22/h4-13,19H,3H2,1-2H3. The predicted molar refractivity (Wildman–Crippen MR) is 106 cm³/mol. The highest BCUT2D eigenvalue weighted by Gasteiger charge is 2.24. The Morgan fingerprint density at radius 1 is 1.14 bits per heavy atom. The van der Waals surface area contributed by atoms with Gasteiger partial charge in [-0.1, -0.05) is 30.0 Å². The Kier molecular flexibility index (Phi) is 6.82. The lowest BCUT2D eigenvalue weighted by Gasteiger charge is -2.23. The third kappa shape index (κ3) is 5.32. The summed E-state index contributed by atoms with van der Waals surface area (Å²) in [6.07, 6.45) is 0. The number of halogens is 2. The van der Waals surface area contributed by atoms with Crippen LogP contribution < -0.4 is 9.64 Å². The first-order valence-electron chi connectivity index (χ1n) is 8.89. The first-order chi connectivity index (χ1) is 14.0. The van der Waals surface area contributed by atoms with Crippen molar-refractivity contribution in [3.05, 3.63) is 54.6 Å². The van der Waals surface area contributed by atoms with Crippen LogP contribution in [-0.4, -0.2) is 34.5 Å². The molecule has 0 fully saturated rings. The SMILES string of the molecule is CCN(C(=O)C(C)Sc1nnc(-c2ccc(OC(F)F)cc2)o1)c1ccccc1. The van der Waals surface area contributed by atoms with Gasteiger partial charge < -0.3 is 14.1 Å². The van der Waals surface area contributed by atoms with E-state index < -0.39 is 11.9 Å². The van der Waals surface area contributed by atoms with Crippen molar-refractivity contribution in [3.8, 4) is 17.2 Å². The van der Waals surface area contributed by atoms with E-state index in [4.69, 9.17) is 4.42 Å². The summed E-state index contributed by atoms with van der Waals surface area (Å²) in [5.41, 5.74) is 1.38. The lowest BCUT2D eigenvalue weighted by Crippen LogP contribution is -2.36. The Bertz CT molecular complexity index is 936. The smallest absolute Gasteiger partial charge is 0.387 e. The fourth-order valence-corrected chi connectivity index (χ4v) is 3.39. The molecule has 0 saturated carbocycles. The number of ether oxygens (including phenoxy) is 1. The van der Waals surface area contributed by atoms with Gasteiger partial charge in [-0.25, -0.2) is 0 Å². The van der Waals surface area contributed by atoms with Crippen LogP contribution in [-0.2, 0) is 4.79 Å². The molecule has 1 atom stereocenters. The molecule has 0 saturated heterocycles. The Hall–Kier alpha value is -2.94. The molecule has 1 aromatic heterocycles. The average Bonchev–Trinajstić information content (AvgIpc) is 3.18. The summed E-state index contributed by atoms with van der Waals surface area (Å²) in [5.74, 6) is 0.195. The molecule has 6 nitrogen and oxygen atoms in total. The number of benzene rings is 2. The maximum Gasteiger partial charge on any atom is 0.387 e.